The quantitative estimate of drug-likeness (QED) is 0.850. The van der Waals surface area contributed by atoms with Crippen LogP contribution < -0.4 is 10.6 Å². The van der Waals surface area contributed by atoms with Crippen molar-refractivity contribution in [3.05, 3.63) is 17.6 Å². The molecule has 2 heterocycles. The molecular formula is C14H22N4. The van der Waals surface area contributed by atoms with E-state index in [1.165, 1.54) is 50.0 Å². The van der Waals surface area contributed by atoms with Crippen molar-refractivity contribution in [3.63, 3.8) is 0 Å². The van der Waals surface area contributed by atoms with Gasteiger partial charge in [-0.05, 0) is 57.5 Å². The number of fused-ring (bicyclic) bond motifs is 1. The van der Waals surface area contributed by atoms with Gasteiger partial charge in [0.15, 0.2) is 0 Å². The summed E-state index contributed by atoms with van der Waals surface area (Å²) in [5.41, 5.74) is 2.63. The molecule has 0 saturated carbocycles. The van der Waals surface area contributed by atoms with Gasteiger partial charge in [-0.15, -0.1) is 0 Å². The molecule has 1 aliphatic heterocycles. The number of hydrogen-bond acceptors (Lipinski definition) is 4. The zero-order valence-electron chi connectivity index (χ0n) is 10.9. The first-order valence-corrected chi connectivity index (χ1v) is 7.21. The number of hydrogen-bond donors (Lipinski definition) is 2. The molecule has 4 heteroatoms. The highest BCUT2D eigenvalue weighted by atomic mass is 15.0. The number of rotatable bonds is 4. The number of anilines is 1. The molecule has 1 aromatic heterocycles. The minimum absolute atomic E-state index is 0.843. The molecule has 98 valence electrons. The van der Waals surface area contributed by atoms with Crippen LogP contribution in [0.25, 0.3) is 0 Å². The summed E-state index contributed by atoms with van der Waals surface area (Å²) in [7, 11) is 0. The van der Waals surface area contributed by atoms with Crippen molar-refractivity contribution in [2.24, 2.45) is 5.92 Å². The average molecular weight is 246 g/mol. The Labute approximate surface area is 109 Å². The van der Waals surface area contributed by atoms with Gasteiger partial charge in [-0.25, -0.2) is 9.97 Å². The van der Waals surface area contributed by atoms with Crippen LogP contribution in [0.5, 0.6) is 0 Å². The van der Waals surface area contributed by atoms with E-state index in [4.69, 9.17) is 0 Å². The van der Waals surface area contributed by atoms with Crippen molar-refractivity contribution < 1.29 is 0 Å². The average Bonchev–Trinajstić information content (AvgIpc) is 2.92. The fraction of sp³-hybridized carbons (Fsp3) is 0.714. The summed E-state index contributed by atoms with van der Waals surface area (Å²) in [6.45, 7) is 3.41. The van der Waals surface area contributed by atoms with E-state index < -0.39 is 0 Å². The third-order valence-corrected chi connectivity index (χ3v) is 4.13. The van der Waals surface area contributed by atoms with Gasteiger partial charge >= 0.3 is 0 Å². The van der Waals surface area contributed by atoms with E-state index in [2.05, 4.69) is 20.6 Å². The van der Waals surface area contributed by atoms with Crippen LogP contribution in [0.2, 0.25) is 0 Å². The first-order valence-electron chi connectivity index (χ1n) is 7.21. The Morgan fingerprint density at radius 3 is 3.11 bits per heavy atom. The molecule has 1 unspecified atom stereocenters. The Morgan fingerprint density at radius 2 is 2.22 bits per heavy atom. The van der Waals surface area contributed by atoms with Crippen molar-refractivity contribution >= 4 is 5.82 Å². The fourth-order valence-electron chi connectivity index (χ4n) is 3.03. The van der Waals surface area contributed by atoms with E-state index in [9.17, 15) is 0 Å². The summed E-state index contributed by atoms with van der Waals surface area (Å²) in [6, 6.07) is 0. The molecule has 1 atom stereocenters. The maximum Gasteiger partial charge on any atom is 0.132 e. The van der Waals surface area contributed by atoms with Gasteiger partial charge in [0, 0.05) is 17.8 Å². The maximum atomic E-state index is 4.42. The number of aromatic nitrogens is 2. The van der Waals surface area contributed by atoms with Gasteiger partial charge in [0.1, 0.15) is 12.1 Å². The highest BCUT2D eigenvalue weighted by Gasteiger charge is 2.16. The predicted octanol–water partition coefficient (Wildman–Crippen LogP) is 1.77. The third kappa shape index (κ3) is 2.64. The summed E-state index contributed by atoms with van der Waals surface area (Å²) < 4.78 is 0. The van der Waals surface area contributed by atoms with Crippen molar-refractivity contribution in [1.29, 1.82) is 0 Å². The van der Waals surface area contributed by atoms with Gasteiger partial charge in [0.05, 0.1) is 0 Å². The smallest absolute Gasteiger partial charge is 0.132 e. The van der Waals surface area contributed by atoms with Crippen molar-refractivity contribution in [1.82, 2.24) is 15.3 Å². The van der Waals surface area contributed by atoms with Crippen LogP contribution in [-0.2, 0) is 12.8 Å². The van der Waals surface area contributed by atoms with E-state index in [0.717, 1.165) is 31.1 Å². The van der Waals surface area contributed by atoms with Crippen LogP contribution in [0.1, 0.15) is 36.9 Å². The lowest BCUT2D eigenvalue weighted by atomic mass is 9.96. The number of nitrogens with zero attached hydrogens (tertiary/aromatic N) is 2. The lowest BCUT2D eigenvalue weighted by Gasteiger charge is -2.18. The SMILES string of the molecule is c1nc2c(c(NCCC3CCNC3)n1)CCCC2. The minimum atomic E-state index is 0.843. The van der Waals surface area contributed by atoms with E-state index in [-0.39, 0.29) is 0 Å². The number of nitrogens with one attached hydrogen (secondary N) is 2. The first-order chi connectivity index (χ1) is 8.93. The summed E-state index contributed by atoms with van der Waals surface area (Å²) in [4.78, 5) is 8.82. The summed E-state index contributed by atoms with van der Waals surface area (Å²) in [5.74, 6) is 1.93. The molecule has 2 aliphatic rings. The normalized spacial score (nSPS) is 22.8. The molecule has 0 radical (unpaired) electrons. The van der Waals surface area contributed by atoms with Gasteiger partial charge < -0.3 is 10.6 Å². The molecule has 0 amide bonds. The van der Waals surface area contributed by atoms with Crippen LogP contribution in [0.4, 0.5) is 5.82 Å². The molecule has 1 saturated heterocycles. The molecule has 0 bridgehead atoms. The molecule has 1 aliphatic carbocycles. The largest absolute Gasteiger partial charge is 0.370 e. The lowest BCUT2D eigenvalue weighted by molar-refractivity contribution is 0.548. The van der Waals surface area contributed by atoms with Crippen molar-refractivity contribution in [3.8, 4) is 0 Å². The Kier molecular flexibility index (Phi) is 3.74. The molecule has 4 nitrogen and oxygen atoms in total. The van der Waals surface area contributed by atoms with Crippen LogP contribution in [0.15, 0.2) is 6.33 Å². The maximum absolute atomic E-state index is 4.42. The zero-order chi connectivity index (χ0) is 12.2. The van der Waals surface area contributed by atoms with E-state index in [1.807, 2.05) is 0 Å². The van der Waals surface area contributed by atoms with E-state index in [1.54, 1.807) is 6.33 Å². The second kappa shape index (κ2) is 5.65. The van der Waals surface area contributed by atoms with Crippen molar-refractivity contribution in [2.75, 3.05) is 25.0 Å². The molecule has 18 heavy (non-hydrogen) atoms. The van der Waals surface area contributed by atoms with Crippen LogP contribution in [0.3, 0.4) is 0 Å². The first kappa shape index (κ1) is 11.9. The Morgan fingerprint density at radius 1 is 1.28 bits per heavy atom. The Hall–Kier alpha value is -1.16. The molecule has 1 fully saturated rings. The second-order valence-electron chi connectivity index (χ2n) is 5.43. The minimum Gasteiger partial charge on any atom is -0.370 e. The van der Waals surface area contributed by atoms with Gasteiger partial charge in [-0.3, -0.25) is 0 Å². The second-order valence-corrected chi connectivity index (χ2v) is 5.43. The monoisotopic (exact) mass is 246 g/mol. The van der Waals surface area contributed by atoms with Gasteiger partial charge in [-0.1, -0.05) is 0 Å². The summed E-state index contributed by atoms with van der Waals surface area (Å²) >= 11 is 0. The molecule has 2 N–H and O–H groups in total. The Bertz CT molecular complexity index is 399. The van der Waals surface area contributed by atoms with Crippen LogP contribution in [-0.4, -0.2) is 29.6 Å². The van der Waals surface area contributed by atoms with Crippen molar-refractivity contribution in [2.45, 2.75) is 38.5 Å². The standard InChI is InChI=1S/C14H22N4/c1-2-4-13-12(3-1)14(18-10-17-13)16-8-6-11-5-7-15-9-11/h10-11,15H,1-9H2,(H,16,17,18). The molecule has 3 rings (SSSR count). The van der Waals surface area contributed by atoms with Crippen LogP contribution >= 0.6 is 0 Å². The summed E-state index contributed by atoms with van der Waals surface area (Å²) in [6.07, 6.45) is 9.10. The lowest BCUT2D eigenvalue weighted by Crippen LogP contribution is -2.16. The van der Waals surface area contributed by atoms with Gasteiger partial charge in [0.2, 0.25) is 0 Å². The van der Waals surface area contributed by atoms with Crippen LogP contribution in [0, 0.1) is 5.92 Å². The summed E-state index contributed by atoms with van der Waals surface area (Å²) in [5, 5.41) is 6.94. The zero-order valence-corrected chi connectivity index (χ0v) is 10.9. The fourth-order valence-corrected chi connectivity index (χ4v) is 3.03. The highest BCUT2D eigenvalue weighted by molar-refractivity contribution is 5.46. The molecule has 0 aromatic carbocycles. The topological polar surface area (TPSA) is 49.8 Å². The predicted molar refractivity (Wildman–Crippen MR) is 72.8 cm³/mol. The highest BCUT2D eigenvalue weighted by Crippen LogP contribution is 2.24. The third-order valence-electron chi connectivity index (χ3n) is 4.13. The molecular weight excluding hydrogens is 224 g/mol. The van der Waals surface area contributed by atoms with Gasteiger partial charge in [0.25, 0.3) is 0 Å². The van der Waals surface area contributed by atoms with E-state index >= 15 is 0 Å². The molecule has 1 aromatic rings. The molecule has 0 spiro atoms. The number of aryl methyl sites for hydroxylation is 1. The Balaban J connectivity index is 1.58. The van der Waals surface area contributed by atoms with E-state index in [0.29, 0.717) is 0 Å². The van der Waals surface area contributed by atoms with Gasteiger partial charge in [-0.2, -0.15) is 0 Å².